The van der Waals surface area contributed by atoms with Crippen molar-refractivity contribution in [2.75, 3.05) is 18.1 Å². The third kappa shape index (κ3) is 3.68. The molecule has 6 nitrogen and oxygen atoms in total. The molecule has 1 aromatic heterocycles. The fourth-order valence-corrected chi connectivity index (χ4v) is 5.12. The Labute approximate surface area is 158 Å². The molecule has 1 aliphatic rings. The van der Waals surface area contributed by atoms with Crippen molar-refractivity contribution in [1.82, 2.24) is 14.7 Å². The van der Waals surface area contributed by atoms with Crippen LogP contribution in [0.4, 0.5) is 0 Å². The SMILES string of the molecule is C=CCN(C(=O)c1cnn(-c2cccc(Cl)c2)c1C)C1CCS(=O)(=O)C1. The molecule has 1 aliphatic heterocycles. The minimum atomic E-state index is -3.09. The number of hydrogen-bond donors (Lipinski definition) is 0. The van der Waals surface area contributed by atoms with Crippen molar-refractivity contribution in [3.8, 4) is 5.69 Å². The number of amides is 1. The second-order valence-electron chi connectivity index (χ2n) is 6.34. The normalized spacial score (nSPS) is 18.6. The number of halogens is 1. The van der Waals surface area contributed by atoms with E-state index in [-0.39, 0.29) is 23.5 Å². The average molecular weight is 394 g/mol. The number of nitrogens with zero attached hydrogens (tertiary/aromatic N) is 3. The number of aromatic nitrogens is 2. The number of hydrogen-bond acceptors (Lipinski definition) is 4. The lowest BCUT2D eigenvalue weighted by Gasteiger charge is -2.27. The molecule has 0 saturated carbocycles. The maximum atomic E-state index is 13.1. The van der Waals surface area contributed by atoms with Gasteiger partial charge in [-0.3, -0.25) is 4.79 Å². The molecule has 1 atom stereocenters. The van der Waals surface area contributed by atoms with Crippen LogP contribution in [-0.4, -0.2) is 53.1 Å². The van der Waals surface area contributed by atoms with Gasteiger partial charge in [-0.1, -0.05) is 23.7 Å². The highest BCUT2D eigenvalue weighted by molar-refractivity contribution is 7.91. The second-order valence-corrected chi connectivity index (χ2v) is 9.00. The predicted octanol–water partition coefficient (Wildman–Crippen LogP) is 2.65. The minimum Gasteiger partial charge on any atom is -0.331 e. The van der Waals surface area contributed by atoms with E-state index in [1.165, 1.54) is 6.20 Å². The lowest BCUT2D eigenvalue weighted by molar-refractivity contribution is 0.0720. The molecule has 26 heavy (non-hydrogen) atoms. The van der Waals surface area contributed by atoms with Crippen molar-refractivity contribution in [3.63, 3.8) is 0 Å². The summed E-state index contributed by atoms with van der Waals surface area (Å²) in [5.74, 6) is -0.134. The van der Waals surface area contributed by atoms with Gasteiger partial charge in [0.15, 0.2) is 9.84 Å². The molecular weight excluding hydrogens is 374 g/mol. The molecule has 138 valence electrons. The quantitative estimate of drug-likeness (QED) is 0.732. The molecule has 8 heteroatoms. The Morgan fingerprint density at radius 1 is 1.50 bits per heavy atom. The first kappa shape index (κ1) is 18.7. The van der Waals surface area contributed by atoms with E-state index < -0.39 is 9.84 Å². The summed E-state index contributed by atoms with van der Waals surface area (Å²) in [5, 5.41) is 4.89. The average Bonchev–Trinajstić information content (AvgIpc) is 3.14. The van der Waals surface area contributed by atoms with Crippen molar-refractivity contribution in [2.45, 2.75) is 19.4 Å². The van der Waals surface area contributed by atoms with Gasteiger partial charge < -0.3 is 4.90 Å². The third-order valence-electron chi connectivity index (χ3n) is 4.53. The number of carbonyl (C=O) groups excluding carboxylic acids is 1. The monoisotopic (exact) mass is 393 g/mol. The highest BCUT2D eigenvalue weighted by atomic mass is 35.5. The first-order chi connectivity index (χ1) is 12.3. The van der Waals surface area contributed by atoms with Gasteiger partial charge >= 0.3 is 0 Å². The Morgan fingerprint density at radius 3 is 2.88 bits per heavy atom. The molecular formula is C18H20ClN3O3S. The Morgan fingerprint density at radius 2 is 2.27 bits per heavy atom. The maximum Gasteiger partial charge on any atom is 0.257 e. The van der Waals surface area contributed by atoms with Gasteiger partial charge in [-0.15, -0.1) is 6.58 Å². The molecule has 1 unspecified atom stereocenters. The zero-order valence-electron chi connectivity index (χ0n) is 14.4. The molecule has 1 aromatic carbocycles. The summed E-state index contributed by atoms with van der Waals surface area (Å²) < 4.78 is 25.3. The van der Waals surface area contributed by atoms with Crippen molar-refractivity contribution < 1.29 is 13.2 Å². The van der Waals surface area contributed by atoms with Gasteiger partial charge in [-0.05, 0) is 31.5 Å². The highest BCUT2D eigenvalue weighted by Crippen LogP contribution is 2.23. The van der Waals surface area contributed by atoms with Gasteiger partial charge in [0.2, 0.25) is 0 Å². The molecule has 0 bridgehead atoms. The molecule has 1 fully saturated rings. The maximum absolute atomic E-state index is 13.1. The summed E-state index contributed by atoms with van der Waals surface area (Å²) in [5.41, 5.74) is 1.87. The molecule has 2 aromatic rings. The van der Waals surface area contributed by atoms with Crippen LogP contribution in [0.3, 0.4) is 0 Å². The van der Waals surface area contributed by atoms with Gasteiger partial charge in [0.1, 0.15) is 0 Å². The summed E-state index contributed by atoms with van der Waals surface area (Å²) in [6.45, 7) is 5.79. The predicted molar refractivity (Wildman–Crippen MR) is 102 cm³/mol. The standard InChI is InChI=1S/C18H20ClN3O3S/c1-3-8-21(16-7-9-26(24,25)12-16)18(23)17-11-20-22(13(17)2)15-6-4-5-14(19)10-15/h3-6,10-11,16H,1,7-9,12H2,2H3. The lowest BCUT2D eigenvalue weighted by Crippen LogP contribution is -2.41. The van der Waals surface area contributed by atoms with Gasteiger partial charge in [0.25, 0.3) is 5.91 Å². The summed E-state index contributed by atoms with van der Waals surface area (Å²) in [6.07, 6.45) is 3.57. The van der Waals surface area contributed by atoms with E-state index in [9.17, 15) is 13.2 Å². The van der Waals surface area contributed by atoms with E-state index in [0.29, 0.717) is 29.2 Å². The second kappa shape index (κ2) is 7.25. The Balaban J connectivity index is 1.92. The first-order valence-electron chi connectivity index (χ1n) is 8.25. The summed E-state index contributed by atoms with van der Waals surface area (Å²) >= 11 is 6.04. The Hall–Kier alpha value is -2.12. The van der Waals surface area contributed by atoms with Crippen LogP contribution in [-0.2, 0) is 9.84 Å². The molecule has 3 rings (SSSR count). The molecule has 0 radical (unpaired) electrons. The van der Waals surface area contributed by atoms with Crippen LogP contribution in [0.1, 0.15) is 22.5 Å². The van der Waals surface area contributed by atoms with Crippen LogP contribution in [0.25, 0.3) is 5.69 Å². The topological polar surface area (TPSA) is 72.3 Å². The minimum absolute atomic E-state index is 0.00589. The van der Waals surface area contributed by atoms with Crippen LogP contribution in [0.5, 0.6) is 0 Å². The molecule has 1 amide bonds. The van der Waals surface area contributed by atoms with Crippen LogP contribution in [0.2, 0.25) is 5.02 Å². The van der Waals surface area contributed by atoms with E-state index >= 15 is 0 Å². The van der Waals surface area contributed by atoms with E-state index in [1.54, 1.807) is 34.7 Å². The van der Waals surface area contributed by atoms with Gasteiger partial charge in [0, 0.05) is 17.6 Å². The molecule has 0 aliphatic carbocycles. The fourth-order valence-electron chi connectivity index (χ4n) is 3.20. The first-order valence-corrected chi connectivity index (χ1v) is 10.4. The van der Waals surface area contributed by atoms with Gasteiger partial charge in [-0.2, -0.15) is 5.10 Å². The number of sulfone groups is 1. The molecule has 0 N–H and O–H groups in total. The molecule has 0 spiro atoms. The van der Waals surface area contributed by atoms with Crippen LogP contribution < -0.4 is 0 Å². The van der Waals surface area contributed by atoms with Crippen LogP contribution in [0.15, 0.2) is 43.1 Å². The van der Waals surface area contributed by atoms with Crippen molar-refractivity contribution in [3.05, 3.63) is 59.4 Å². The van der Waals surface area contributed by atoms with Crippen molar-refractivity contribution >= 4 is 27.3 Å². The Bertz CT molecular complexity index is 952. The van der Waals surface area contributed by atoms with Crippen LogP contribution in [0, 0.1) is 6.92 Å². The summed E-state index contributed by atoms with van der Waals surface area (Å²) in [7, 11) is -3.09. The van der Waals surface area contributed by atoms with Crippen molar-refractivity contribution in [1.29, 1.82) is 0 Å². The summed E-state index contributed by atoms with van der Waals surface area (Å²) in [4.78, 5) is 14.6. The molecule has 2 heterocycles. The zero-order valence-corrected chi connectivity index (χ0v) is 16.0. The number of benzene rings is 1. The smallest absolute Gasteiger partial charge is 0.257 e. The van der Waals surface area contributed by atoms with E-state index in [0.717, 1.165) is 5.69 Å². The van der Waals surface area contributed by atoms with Crippen molar-refractivity contribution in [2.24, 2.45) is 0 Å². The number of carbonyl (C=O) groups is 1. The summed E-state index contributed by atoms with van der Waals surface area (Å²) in [6, 6.07) is 6.86. The Kier molecular flexibility index (Phi) is 5.20. The fraction of sp³-hybridized carbons (Fsp3) is 0.333. The third-order valence-corrected chi connectivity index (χ3v) is 6.51. The number of rotatable bonds is 5. The highest BCUT2D eigenvalue weighted by Gasteiger charge is 2.35. The van der Waals surface area contributed by atoms with Crippen LogP contribution >= 0.6 is 11.6 Å². The zero-order chi connectivity index (χ0) is 18.9. The van der Waals surface area contributed by atoms with Gasteiger partial charge in [0.05, 0.1) is 34.6 Å². The van der Waals surface area contributed by atoms with E-state index in [1.807, 2.05) is 12.1 Å². The van der Waals surface area contributed by atoms with E-state index in [4.69, 9.17) is 11.6 Å². The molecule has 1 saturated heterocycles. The largest absolute Gasteiger partial charge is 0.331 e. The van der Waals surface area contributed by atoms with Gasteiger partial charge in [-0.25, -0.2) is 13.1 Å². The van der Waals surface area contributed by atoms with E-state index in [2.05, 4.69) is 11.7 Å². The lowest BCUT2D eigenvalue weighted by atomic mass is 10.1.